The second-order valence-corrected chi connectivity index (χ2v) is 16.2. The molecule has 10 rings (SSSR count). The number of thioether (sulfide) groups is 1. The highest BCUT2D eigenvalue weighted by atomic mass is 32.2. The average molecular weight is 761 g/mol. The Morgan fingerprint density at radius 2 is 1.81 bits per heavy atom. The van der Waals surface area contributed by atoms with E-state index in [2.05, 4.69) is 20.4 Å². The summed E-state index contributed by atoms with van der Waals surface area (Å²) in [4.78, 5) is 31.9. The summed E-state index contributed by atoms with van der Waals surface area (Å²) in [5.41, 5.74) is 4.74. The summed E-state index contributed by atoms with van der Waals surface area (Å²) < 4.78 is 29.6. The molecule has 1 amide bonds. The number of benzene rings is 3. The van der Waals surface area contributed by atoms with Gasteiger partial charge in [-0.15, -0.1) is 11.8 Å². The summed E-state index contributed by atoms with van der Waals surface area (Å²) in [6.45, 7) is 5.60. The minimum absolute atomic E-state index is 0.00218. The molecular formula is C39H44N4O10S. The molecule has 7 heterocycles. The van der Waals surface area contributed by atoms with Crippen LogP contribution >= 0.6 is 11.8 Å². The van der Waals surface area contributed by atoms with Gasteiger partial charge >= 0.3 is 5.97 Å². The lowest BCUT2D eigenvalue weighted by atomic mass is 9.72. The van der Waals surface area contributed by atoms with Gasteiger partial charge in [-0.3, -0.25) is 24.7 Å². The second kappa shape index (κ2) is 12.6. The maximum absolute atomic E-state index is 14.8. The fourth-order valence-electron chi connectivity index (χ4n) is 10.1. The fourth-order valence-corrected chi connectivity index (χ4v) is 11.8. The number of piperazine rings is 1. The molecule has 4 bridgehead atoms. The standard InChI is InChI=1S/C39H44N4O10S/c1-16-9-20-10-22-37(47)43-23-13-40-38(48)39(21-12-25(49-5)24(45)11-19(21)7-8-41-39)14-54-36(30(43)29(42(22)4)26(20)31(46)32(16)50-6)28-27(23)35-34(51-15-52-35)17(2)33(28)53-18(3)44/h9,11-12,22-23,29-30,36-37,41,45-47H,7-8,10,13-15H2,1-6H3,(H,40,48)/t22-,23-,29+,30?,36+,37-,39+/m0/s1. The van der Waals surface area contributed by atoms with Gasteiger partial charge in [-0.2, -0.15) is 0 Å². The van der Waals surface area contributed by atoms with Crippen LogP contribution in [0.5, 0.6) is 40.2 Å². The molecule has 3 aromatic rings. The SMILES string of the molecule is COc1cc2c(cc1O)CCN[C@]21CS[C@@H]2c3c(OC(C)=O)c(C)c4c(c3[C@H](CNC1=O)N1C2[C@H]2c3c(cc(C)c(OC)c3O)C[C@@H]([C@@H]1O)N2C)OCO4. The van der Waals surface area contributed by atoms with Crippen LogP contribution in [-0.2, 0) is 28.0 Å². The maximum Gasteiger partial charge on any atom is 0.308 e. The number of carbonyl (C=O) groups is 2. The summed E-state index contributed by atoms with van der Waals surface area (Å²) in [7, 11) is 4.99. The number of rotatable bonds is 3. The summed E-state index contributed by atoms with van der Waals surface area (Å²) in [5, 5.41) is 41.6. The summed E-state index contributed by atoms with van der Waals surface area (Å²) in [6.07, 6.45) is 0.0600. The number of esters is 1. The number of hydrogen-bond acceptors (Lipinski definition) is 14. The second-order valence-electron chi connectivity index (χ2n) is 15.0. The first-order valence-corrected chi connectivity index (χ1v) is 19.2. The molecule has 7 aliphatic heterocycles. The van der Waals surface area contributed by atoms with E-state index in [9.17, 15) is 24.9 Å². The molecule has 0 saturated carbocycles. The number of hydrogen-bond donors (Lipinski definition) is 5. The number of aryl methyl sites for hydroxylation is 1. The Morgan fingerprint density at radius 3 is 2.56 bits per heavy atom. The molecule has 3 aromatic carbocycles. The number of fused-ring (bicyclic) bond motifs is 9. The van der Waals surface area contributed by atoms with Crippen molar-refractivity contribution in [1.29, 1.82) is 0 Å². The Balaban J connectivity index is 1.32. The molecule has 1 unspecified atom stereocenters. The first-order chi connectivity index (χ1) is 25.9. The lowest BCUT2D eigenvalue weighted by Gasteiger charge is -2.62. The van der Waals surface area contributed by atoms with Crippen molar-refractivity contribution in [3.8, 4) is 40.2 Å². The van der Waals surface area contributed by atoms with E-state index < -0.39 is 41.1 Å². The van der Waals surface area contributed by atoms with Gasteiger partial charge in [-0.1, -0.05) is 6.07 Å². The number of aliphatic hydroxyl groups is 1. The minimum atomic E-state index is -1.25. The molecule has 0 radical (unpaired) electrons. The Morgan fingerprint density at radius 1 is 1.04 bits per heavy atom. The van der Waals surface area contributed by atoms with Crippen molar-refractivity contribution in [3.63, 3.8) is 0 Å². The van der Waals surface area contributed by atoms with Crippen LogP contribution < -0.4 is 34.3 Å². The lowest BCUT2D eigenvalue weighted by molar-refractivity contribution is -0.173. The maximum atomic E-state index is 14.8. The molecule has 0 aromatic heterocycles. The molecule has 54 heavy (non-hydrogen) atoms. The molecule has 2 fully saturated rings. The number of aromatic hydroxyl groups is 2. The van der Waals surface area contributed by atoms with Gasteiger partial charge in [0.15, 0.2) is 34.5 Å². The third-order valence-corrected chi connectivity index (χ3v) is 13.9. The van der Waals surface area contributed by atoms with E-state index in [1.165, 1.54) is 25.8 Å². The lowest BCUT2D eigenvalue weighted by Crippen LogP contribution is -2.70. The Bertz CT molecular complexity index is 2130. The third-order valence-electron chi connectivity index (χ3n) is 12.4. The van der Waals surface area contributed by atoms with Crippen LogP contribution in [0.4, 0.5) is 0 Å². The van der Waals surface area contributed by atoms with Crippen molar-refractivity contribution in [2.75, 3.05) is 46.9 Å². The van der Waals surface area contributed by atoms with Crippen LogP contribution in [0.15, 0.2) is 18.2 Å². The first kappa shape index (κ1) is 35.3. The number of aliphatic hydroxyl groups excluding tert-OH is 1. The number of phenols is 2. The molecule has 15 heteroatoms. The quantitative estimate of drug-likeness (QED) is 0.195. The highest BCUT2D eigenvalue weighted by Crippen LogP contribution is 2.64. The molecule has 0 aliphatic carbocycles. The van der Waals surface area contributed by atoms with Crippen LogP contribution in [0.1, 0.15) is 68.8 Å². The molecule has 7 atom stereocenters. The van der Waals surface area contributed by atoms with Crippen LogP contribution in [0.25, 0.3) is 0 Å². The highest BCUT2D eigenvalue weighted by molar-refractivity contribution is 7.99. The van der Waals surface area contributed by atoms with Gasteiger partial charge < -0.3 is 44.3 Å². The molecule has 1 spiro atoms. The van der Waals surface area contributed by atoms with E-state index in [4.69, 9.17) is 23.7 Å². The summed E-state index contributed by atoms with van der Waals surface area (Å²) in [5.74, 6) is 1.45. The number of nitrogens with zero attached hydrogens (tertiary/aromatic N) is 2. The molecule has 14 nitrogen and oxygen atoms in total. The van der Waals surface area contributed by atoms with Gasteiger partial charge in [0.25, 0.3) is 0 Å². The Hall–Kier alpha value is -4.41. The number of ether oxygens (including phenoxy) is 5. The largest absolute Gasteiger partial charge is 0.504 e. The zero-order valence-corrected chi connectivity index (χ0v) is 31.8. The number of amides is 1. The molecule has 2 saturated heterocycles. The van der Waals surface area contributed by atoms with Crippen LogP contribution in [0.2, 0.25) is 0 Å². The van der Waals surface area contributed by atoms with Gasteiger partial charge in [0.2, 0.25) is 12.7 Å². The molecule has 7 aliphatic rings. The number of nitrogens with one attached hydrogen (secondary N) is 2. The smallest absolute Gasteiger partial charge is 0.308 e. The Kier molecular flexibility index (Phi) is 8.21. The number of likely N-dealkylation sites (N-methyl/N-ethyl adjacent to an activating group) is 1. The van der Waals surface area contributed by atoms with Crippen molar-refractivity contribution < 1.29 is 48.6 Å². The van der Waals surface area contributed by atoms with Crippen LogP contribution in [0.3, 0.4) is 0 Å². The third kappa shape index (κ3) is 4.74. The first-order valence-electron chi connectivity index (χ1n) is 18.2. The molecular weight excluding hydrogens is 717 g/mol. The Labute approximate surface area is 316 Å². The monoisotopic (exact) mass is 760 g/mol. The predicted molar refractivity (Wildman–Crippen MR) is 197 cm³/mol. The van der Waals surface area contributed by atoms with Crippen molar-refractivity contribution in [1.82, 2.24) is 20.4 Å². The highest BCUT2D eigenvalue weighted by Gasteiger charge is 2.61. The van der Waals surface area contributed by atoms with E-state index in [-0.39, 0.29) is 48.3 Å². The van der Waals surface area contributed by atoms with Gasteiger partial charge in [0, 0.05) is 54.1 Å². The topological polar surface area (TPSA) is 172 Å². The van der Waals surface area contributed by atoms with Crippen molar-refractivity contribution in [2.24, 2.45) is 0 Å². The zero-order chi connectivity index (χ0) is 38.0. The van der Waals surface area contributed by atoms with Crippen molar-refractivity contribution in [2.45, 2.75) is 74.8 Å². The van der Waals surface area contributed by atoms with Crippen LogP contribution in [0, 0.1) is 13.8 Å². The fraction of sp³-hybridized carbons (Fsp3) is 0.487. The van der Waals surface area contributed by atoms with Gasteiger partial charge in [0.05, 0.1) is 37.6 Å². The van der Waals surface area contributed by atoms with E-state index in [1.54, 1.807) is 19.2 Å². The van der Waals surface area contributed by atoms with E-state index in [1.807, 2.05) is 27.0 Å². The number of carbonyl (C=O) groups excluding carboxylic acids is 2. The normalized spacial score (nSPS) is 29.4. The van der Waals surface area contributed by atoms with Gasteiger partial charge in [0.1, 0.15) is 17.5 Å². The minimum Gasteiger partial charge on any atom is -0.504 e. The van der Waals surface area contributed by atoms with Gasteiger partial charge in [-0.05, 0) is 68.1 Å². The van der Waals surface area contributed by atoms with E-state index in [0.29, 0.717) is 59.1 Å². The van der Waals surface area contributed by atoms with Crippen molar-refractivity contribution >= 4 is 23.6 Å². The average Bonchev–Trinajstić information content (AvgIpc) is 3.63. The number of phenolic OH excluding ortho intramolecular Hbond substituents is 2. The number of methoxy groups -OCH3 is 2. The zero-order valence-electron chi connectivity index (χ0n) is 30.9. The van der Waals surface area contributed by atoms with Gasteiger partial charge in [-0.25, -0.2) is 0 Å². The van der Waals surface area contributed by atoms with E-state index in [0.717, 1.165) is 27.8 Å². The van der Waals surface area contributed by atoms with Crippen molar-refractivity contribution in [3.05, 3.63) is 62.7 Å². The molecule has 5 N–H and O–H groups in total. The summed E-state index contributed by atoms with van der Waals surface area (Å²) >= 11 is 1.51. The van der Waals surface area contributed by atoms with Crippen LogP contribution in [-0.4, -0.2) is 102 Å². The van der Waals surface area contributed by atoms with E-state index >= 15 is 0 Å². The predicted octanol–water partition coefficient (Wildman–Crippen LogP) is 2.99. The molecule has 286 valence electrons. The summed E-state index contributed by atoms with van der Waals surface area (Å²) in [6, 6.07) is 3.42.